The molecule has 6 nitrogen and oxygen atoms in total. The molecule has 0 aliphatic heterocycles. The minimum atomic E-state index is -0.902. The van der Waals surface area contributed by atoms with Crippen LogP contribution in [-0.2, 0) is 0 Å². The van der Waals surface area contributed by atoms with E-state index >= 15 is 0 Å². The van der Waals surface area contributed by atoms with E-state index in [0.29, 0.717) is 12.6 Å². The molecule has 1 aromatic carbocycles. The fourth-order valence-electron chi connectivity index (χ4n) is 2.11. The molecule has 0 saturated heterocycles. The summed E-state index contributed by atoms with van der Waals surface area (Å²) < 4.78 is 13.3. The van der Waals surface area contributed by atoms with E-state index in [4.69, 9.17) is 5.73 Å². The van der Waals surface area contributed by atoms with Crippen LogP contribution in [0.2, 0.25) is 0 Å². The van der Waals surface area contributed by atoms with Crippen LogP contribution in [0.3, 0.4) is 0 Å². The maximum Gasteiger partial charge on any atom is 0.285 e. The Morgan fingerprint density at radius 1 is 1.55 bits per heavy atom. The zero-order valence-corrected chi connectivity index (χ0v) is 11.1. The quantitative estimate of drug-likeness (QED) is 0.491. The van der Waals surface area contributed by atoms with Crippen LogP contribution >= 0.6 is 0 Å². The highest BCUT2D eigenvalue weighted by molar-refractivity contribution is 5.99. The molecule has 1 fully saturated rings. The van der Waals surface area contributed by atoms with Crippen molar-refractivity contribution in [3.8, 4) is 0 Å². The van der Waals surface area contributed by atoms with E-state index in [-0.39, 0.29) is 16.7 Å². The average molecular weight is 281 g/mol. The zero-order valence-electron chi connectivity index (χ0n) is 11.1. The van der Waals surface area contributed by atoms with Gasteiger partial charge in [0, 0.05) is 6.54 Å². The molecular formula is C13H16FN3O3. The van der Waals surface area contributed by atoms with Crippen molar-refractivity contribution in [2.24, 2.45) is 5.41 Å². The van der Waals surface area contributed by atoms with Gasteiger partial charge in [0.1, 0.15) is 5.56 Å². The second kappa shape index (κ2) is 5.07. The minimum absolute atomic E-state index is 0.121. The monoisotopic (exact) mass is 281 g/mol. The van der Waals surface area contributed by atoms with Crippen LogP contribution in [0.1, 0.15) is 36.5 Å². The summed E-state index contributed by atoms with van der Waals surface area (Å²) in [5.41, 5.74) is 4.43. The summed E-state index contributed by atoms with van der Waals surface area (Å²) in [6, 6.07) is 1.69. The fraction of sp³-hybridized carbons (Fsp3) is 0.462. The van der Waals surface area contributed by atoms with Gasteiger partial charge in [0.2, 0.25) is 0 Å². The van der Waals surface area contributed by atoms with Gasteiger partial charge in [0.15, 0.2) is 5.82 Å². The number of halogens is 1. The van der Waals surface area contributed by atoms with E-state index in [0.717, 1.165) is 25.3 Å². The molecule has 0 spiro atoms. The van der Waals surface area contributed by atoms with Crippen LogP contribution in [0, 0.1) is 21.3 Å². The first kappa shape index (κ1) is 14.2. The molecule has 0 heterocycles. The van der Waals surface area contributed by atoms with Crippen LogP contribution in [-0.4, -0.2) is 17.4 Å². The van der Waals surface area contributed by atoms with Gasteiger partial charge >= 0.3 is 0 Å². The first-order valence-electron chi connectivity index (χ1n) is 6.40. The lowest BCUT2D eigenvalue weighted by atomic mass is 10.0. The number of rotatable bonds is 5. The normalized spacial score (nSPS) is 15.7. The number of nitrogen functional groups attached to an aromatic ring is 1. The molecule has 108 valence electrons. The molecule has 1 aliphatic carbocycles. The standard InChI is InChI=1S/C13H16FN3O3/c1-2-13(3-4-13)7-16-12(18)8-5-10(15)9(14)6-11(8)17(19)20/h5-6H,2-4,7,15H2,1H3,(H,16,18). The summed E-state index contributed by atoms with van der Waals surface area (Å²) in [6.45, 7) is 2.51. The Labute approximate surface area is 115 Å². The highest BCUT2D eigenvalue weighted by Crippen LogP contribution is 2.47. The summed E-state index contributed by atoms with van der Waals surface area (Å²) >= 11 is 0. The number of nitrogens with zero attached hydrogens (tertiary/aromatic N) is 1. The predicted molar refractivity (Wildman–Crippen MR) is 71.8 cm³/mol. The van der Waals surface area contributed by atoms with Gasteiger partial charge in [-0.2, -0.15) is 0 Å². The predicted octanol–water partition coefficient (Wildman–Crippen LogP) is 2.24. The molecule has 1 amide bonds. The summed E-state index contributed by atoms with van der Waals surface area (Å²) in [7, 11) is 0. The van der Waals surface area contributed by atoms with Gasteiger partial charge < -0.3 is 11.1 Å². The van der Waals surface area contributed by atoms with E-state index in [1.807, 2.05) is 6.92 Å². The molecule has 1 aliphatic rings. The van der Waals surface area contributed by atoms with Crippen LogP contribution in [0.5, 0.6) is 0 Å². The number of carbonyl (C=O) groups is 1. The third-order valence-corrected chi connectivity index (χ3v) is 3.89. The number of anilines is 1. The molecule has 0 aromatic heterocycles. The fourth-order valence-corrected chi connectivity index (χ4v) is 2.11. The van der Waals surface area contributed by atoms with Crippen LogP contribution in [0.25, 0.3) is 0 Å². The van der Waals surface area contributed by atoms with Crippen molar-refractivity contribution < 1.29 is 14.1 Å². The Kier molecular flexibility index (Phi) is 3.61. The van der Waals surface area contributed by atoms with Gasteiger partial charge in [-0.15, -0.1) is 0 Å². The van der Waals surface area contributed by atoms with Crippen LogP contribution in [0.15, 0.2) is 12.1 Å². The van der Waals surface area contributed by atoms with E-state index in [9.17, 15) is 19.3 Å². The Balaban J connectivity index is 2.20. The lowest BCUT2D eigenvalue weighted by molar-refractivity contribution is -0.385. The van der Waals surface area contributed by atoms with E-state index in [2.05, 4.69) is 5.32 Å². The zero-order chi connectivity index (χ0) is 14.9. The first-order chi connectivity index (χ1) is 9.38. The number of benzene rings is 1. The van der Waals surface area contributed by atoms with Crippen molar-refractivity contribution in [2.45, 2.75) is 26.2 Å². The molecule has 0 bridgehead atoms. The molecule has 0 unspecified atom stereocenters. The van der Waals surface area contributed by atoms with E-state index in [1.165, 1.54) is 0 Å². The van der Waals surface area contributed by atoms with Gasteiger partial charge in [0.05, 0.1) is 16.7 Å². The van der Waals surface area contributed by atoms with Gasteiger partial charge in [-0.05, 0) is 30.7 Å². The molecule has 2 rings (SSSR count). The summed E-state index contributed by atoms with van der Waals surface area (Å²) in [6.07, 6.45) is 3.02. The Morgan fingerprint density at radius 2 is 2.20 bits per heavy atom. The molecule has 20 heavy (non-hydrogen) atoms. The number of nitrogens with one attached hydrogen (secondary N) is 1. The van der Waals surface area contributed by atoms with Crippen LogP contribution < -0.4 is 11.1 Å². The Morgan fingerprint density at radius 3 is 2.70 bits per heavy atom. The maximum atomic E-state index is 13.3. The second-order valence-electron chi connectivity index (χ2n) is 5.18. The molecule has 7 heteroatoms. The summed E-state index contributed by atoms with van der Waals surface area (Å²) in [5, 5.41) is 13.6. The van der Waals surface area contributed by atoms with Crippen molar-refractivity contribution in [3.05, 3.63) is 33.6 Å². The van der Waals surface area contributed by atoms with Gasteiger partial charge in [-0.1, -0.05) is 6.92 Å². The smallest absolute Gasteiger partial charge is 0.285 e. The number of nitro groups is 1. The van der Waals surface area contributed by atoms with Crippen molar-refractivity contribution in [3.63, 3.8) is 0 Å². The topological polar surface area (TPSA) is 98.3 Å². The van der Waals surface area contributed by atoms with E-state index in [1.54, 1.807) is 0 Å². The van der Waals surface area contributed by atoms with Gasteiger partial charge in [0.25, 0.3) is 11.6 Å². The number of nitrogens with two attached hydrogens (primary N) is 1. The summed E-state index contributed by atoms with van der Waals surface area (Å²) in [5.74, 6) is -1.50. The Hall–Kier alpha value is -2.18. The largest absolute Gasteiger partial charge is 0.396 e. The summed E-state index contributed by atoms with van der Waals surface area (Å²) in [4.78, 5) is 22.1. The van der Waals surface area contributed by atoms with Crippen molar-refractivity contribution in [2.75, 3.05) is 12.3 Å². The number of amides is 1. The third kappa shape index (κ3) is 2.71. The molecular weight excluding hydrogens is 265 g/mol. The molecule has 1 saturated carbocycles. The highest BCUT2D eigenvalue weighted by atomic mass is 19.1. The highest BCUT2D eigenvalue weighted by Gasteiger charge is 2.41. The molecule has 0 atom stereocenters. The SMILES string of the molecule is CCC1(CNC(=O)c2cc(N)c(F)cc2[N+](=O)[O-])CC1. The van der Waals surface area contributed by atoms with Crippen molar-refractivity contribution in [1.29, 1.82) is 0 Å². The minimum Gasteiger partial charge on any atom is -0.396 e. The third-order valence-electron chi connectivity index (χ3n) is 3.89. The number of hydrogen-bond acceptors (Lipinski definition) is 4. The number of hydrogen-bond donors (Lipinski definition) is 2. The molecule has 3 N–H and O–H groups in total. The molecule has 1 aromatic rings. The molecule has 0 radical (unpaired) electrons. The maximum absolute atomic E-state index is 13.3. The van der Waals surface area contributed by atoms with E-state index < -0.39 is 22.3 Å². The van der Waals surface area contributed by atoms with Gasteiger partial charge in [-0.25, -0.2) is 4.39 Å². The number of nitro benzene ring substituents is 1. The average Bonchev–Trinajstić information content (AvgIpc) is 3.19. The number of carbonyl (C=O) groups excluding carboxylic acids is 1. The first-order valence-corrected chi connectivity index (χ1v) is 6.40. The Bertz CT molecular complexity index is 570. The van der Waals surface area contributed by atoms with Gasteiger partial charge in [-0.3, -0.25) is 14.9 Å². The van der Waals surface area contributed by atoms with Crippen molar-refractivity contribution in [1.82, 2.24) is 5.32 Å². The van der Waals surface area contributed by atoms with Crippen LogP contribution in [0.4, 0.5) is 15.8 Å². The lowest BCUT2D eigenvalue weighted by Gasteiger charge is -2.13. The second-order valence-corrected chi connectivity index (χ2v) is 5.18. The van der Waals surface area contributed by atoms with Crippen molar-refractivity contribution >= 4 is 17.3 Å². The lowest BCUT2D eigenvalue weighted by Crippen LogP contribution is -2.30.